The summed E-state index contributed by atoms with van der Waals surface area (Å²) in [5.41, 5.74) is 1.89. The fourth-order valence-electron chi connectivity index (χ4n) is 2.02. The molecule has 1 aliphatic rings. The highest BCUT2D eigenvalue weighted by Gasteiger charge is 2.28. The molecule has 1 unspecified atom stereocenters. The summed E-state index contributed by atoms with van der Waals surface area (Å²) in [6.45, 7) is 5.38. The summed E-state index contributed by atoms with van der Waals surface area (Å²) < 4.78 is 0. The van der Waals surface area contributed by atoms with E-state index in [4.69, 9.17) is 0 Å². The Morgan fingerprint density at radius 3 is 2.46 bits per heavy atom. The van der Waals surface area contributed by atoms with Crippen LogP contribution in [0.15, 0.2) is 11.1 Å². The Morgan fingerprint density at radius 1 is 1.46 bits per heavy atom. The number of Topliss-reactive ketones (excluding diaryl/α,β-unsaturated/α-hetero) is 2. The summed E-state index contributed by atoms with van der Waals surface area (Å²) in [5.74, 6) is 0.432. The maximum Gasteiger partial charge on any atom is 0.155 e. The maximum atomic E-state index is 11.4. The van der Waals surface area contributed by atoms with Crippen molar-refractivity contribution in [3.8, 4) is 0 Å². The van der Waals surface area contributed by atoms with E-state index in [0.717, 1.165) is 24.0 Å². The van der Waals surface area contributed by atoms with Gasteiger partial charge >= 0.3 is 0 Å². The Bertz CT molecular complexity index is 274. The van der Waals surface area contributed by atoms with Gasteiger partial charge in [-0.15, -0.1) is 0 Å². The quantitative estimate of drug-likeness (QED) is 0.667. The zero-order valence-electron chi connectivity index (χ0n) is 8.52. The molecular formula is C11H16O2. The van der Waals surface area contributed by atoms with E-state index in [0.29, 0.717) is 6.42 Å². The molecule has 0 saturated carbocycles. The van der Waals surface area contributed by atoms with Crippen LogP contribution >= 0.6 is 0 Å². The number of carbonyl (C=O) groups is 2. The van der Waals surface area contributed by atoms with Crippen LogP contribution in [0.5, 0.6) is 0 Å². The molecular weight excluding hydrogens is 164 g/mol. The van der Waals surface area contributed by atoms with Gasteiger partial charge in [-0.05, 0) is 32.3 Å². The number of allylic oxidation sites excluding steroid dienone is 2. The van der Waals surface area contributed by atoms with Gasteiger partial charge in [0.1, 0.15) is 5.78 Å². The minimum atomic E-state index is 0.0314. The lowest BCUT2D eigenvalue weighted by Crippen LogP contribution is -2.11. The van der Waals surface area contributed by atoms with Gasteiger partial charge in [0.05, 0.1) is 0 Å². The van der Waals surface area contributed by atoms with E-state index in [9.17, 15) is 9.59 Å². The van der Waals surface area contributed by atoms with Crippen molar-refractivity contribution in [2.24, 2.45) is 5.92 Å². The Morgan fingerprint density at radius 2 is 2.08 bits per heavy atom. The number of hydrogen-bond donors (Lipinski definition) is 0. The third kappa shape index (κ3) is 1.87. The lowest BCUT2D eigenvalue weighted by atomic mass is 9.95. The fourth-order valence-corrected chi connectivity index (χ4v) is 2.02. The van der Waals surface area contributed by atoms with E-state index < -0.39 is 0 Å². The molecule has 0 aliphatic heterocycles. The van der Waals surface area contributed by atoms with Crippen LogP contribution in [-0.4, -0.2) is 11.6 Å². The van der Waals surface area contributed by atoms with Crippen molar-refractivity contribution in [2.75, 3.05) is 0 Å². The van der Waals surface area contributed by atoms with Gasteiger partial charge in [0.15, 0.2) is 5.78 Å². The molecule has 1 rings (SSSR count). The largest absolute Gasteiger partial charge is 0.299 e. The standard InChI is InChI=1S/C11H16O2/c1-4-11(13)10-6-5-9(7(10)2)8(3)12/h10H,4-6H2,1-3H3. The summed E-state index contributed by atoms with van der Waals surface area (Å²) >= 11 is 0. The summed E-state index contributed by atoms with van der Waals surface area (Å²) in [6.07, 6.45) is 2.21. The van der Waals surface area contributed by atoms with Crippen molar-refractivity contribution in [1.29, 1.82) is 0 Å². The molecule has 13 heavy (non-hydrogen) atoms. The second kappa shape index (κ2) is 3.86. The van der Waals surface area contributed by atoms with Gasteiger partial charge in [-0.2, -0.15) is 0 Å². The fraction of sp³-hybridized carbons (Fsp3) is 0.636. The summed E-state index contributed by atoms with van der Waals surface area (Å²) in [4.78, 5) is 22.6. The maximum absolute atomic E-state index is 11.4. The van der Waals surface area contributed by atoms with Gasteiger partial charge in [0, 0.05) is 12.3 Å². The van der Waals surface area contributed by atoms with E-state index >= 15 is 0 Å². The summed E-state index contributed by atoms with van der Waals surface area (Å²) in [5, 5.41) is 0. The van der Waals surface area contributed by atoms with Crippen LogP contribution in [-0.2, 0) is 9.59 Å². The normalized spacial score (nSPS) is 22.2. The predicted molar refractivity (Wildman–Crippen MR) is 51.4 cm³/mol. The van der Waals surface area contributed by atoms with Crippen molar-refractivity contribution in [3.05, 3.63) is 11.1 Å². The van der Waals surface area contributed by atoms with E-state index in [1.165, 1.54) is 0 Å². The molecule has 1 atom stereocenters. The van der Waals surface area contributed by atoms with Crippen molar-refractivity contribution >= 4 is 11.6 Å². The molecule has 0 fully saturated rings. The van der Waals surface area contributed by atoms with Gasteiger partial charge < -0.3 is 0 Å². The minimum absolute atomic E-state index is 0.0314. The first-order chi connectivity index (χ1) is 6.07. The summed E-state index contributed by atoms with van der Waals surface area (Å²) in [6, 6.07) is 0. The average Bonchev–Trinajstić information content (AvgIpc) is 2.46. The molecule has 1 aliphatic carbocycles. The number of hydrogen-bond acceptors (Lipinski definition) is 2. The topological polar surface area (TPSA) is 34.1 Å². The van der Waals surface area contributed by atoms with E-state index in [-0.39, 0.29) is 17.5 Å². The molecule has 0 saturated heterocycles. The lowest BCUT2D eigenvalue weighted by Gasteiger charge is -2.08. The van der Waals surface area contributed by atoms with Gasteiger partial charge in [-0.3, -0.25) is 9.59 Å². The Labute approximate surface area is 79.0 Å². The van der Waals surface area contributed by atoms with Crippen molar-refractivity contribution in [3.63, 3.8) is 0 Å². The molecule has 0 aromatic carbocycles. The van der Waals surface area contributed by atoms with Gasteiger partial charge in [0.2, 0.25) is 0 Å². The smallest absolute Gasteiger partial charge is 0.155 e. The van der Waals surface area contributed by atoms with E-state index in [1.54, 1.807) is 6.92 Å². The third-order valence-corrected chi connectivity index (χ3v) is 2.84. The Balaban J connectivity index is 2.86. The molecule has 2 nitrogen and oxygen atoms in total. The Hall–Kier alpha value is -0.920. The zero-order chi connectivity index (χ0) is 10.0. The molecule has 0 heterocycles. The molecule has 0 aromatic heterocycles. The highest BCUT2D eigenvalue weighted by Crippen LogP contribution is 2.33. The predicted octanol–water partition coefficient (Wildman–Crippen LogP) is 2.28. The third-order valence-electron chi connectivity index (χ3n) is 2.84. The summed E-state index contributed by atoms with van der Waals surface area (Å²) in [7, 11) is 0. The molecule has 0 spiro atoms. The highest BCUT2D eigenvalue weighted by atomic mass is 16.1. The number of rotatable bonds is 3. The molecule has 0 radical (unpaired) electrons. The average molecular weight is 180 g/mol. The number of carbonyl (C=O) groups excluding carboxylic acids is 2. The zero-order valence-corrected chi connectivity index (χ0v) is 8.52. The monoisotopic (exact) mass is 180 g/mol. The molecule has 0 N–H and O–H groups in total. The first kappa shape index (κ1) is 10.2. The van der Waals surface area contributed by atoms with Crippen LogP contribution in [0.4, 0.5) is 0 Å². The van der Waals surface area contributed by atoms with Gasteiger partial charge in [0.25, 0.3) is 0 Å². The van der Waals surface area contributed by atoms with Gasteiger partial charge in [-0.25, -0.2) is 0 Å². The first-order valence-corrected chi connectivity index (χ1v) is 4.81. The van der Waals surface area contributed by atoms with Crippen LogP contribution in [0, 0.1) is 5.92 Å². The van der Waals surface area contributed by atoms with E-state index in [1.807, 2.05) is 13.8 Å². The van der Waals surface area contributed by atoms with Crippen LogP contribution in [0.1, 0.15) is 40.0 Å². The molecule has 0 amide bonds. The second-order valence-electron chi connectivity index (χ2n) is 3.63. The molecule has 72 valence electrons. The van der Waals surface area contributed by atoms with Crippen molar-refractivity contribution < 1.29 is 9.59 Å². The lowest BCUT2D eigenvalue weighted by molar-refractivity contribution is -0.121. The number of ketones is 2. The SMILES string of the molecule is CCC(=O)C1CCC(C(C)=O)=C1C. The Kier molecular flexibility index (Phi) is 3.02. The van der Waals surface area contributed by atoms with Crippen LogP contribution in [0.25, 0.3) is 0 Å². The first-order valence-electron chi connectivity index (χ1n) is 4.81. The molecule has 0 aromatic rings. The van der Waals surface area contributed by atoms with Crippen LogP contribution in [0.2, 0.25) is 0 Å². The minimum Gasteiger partial charge on any atom is -0.299 e. The van der Waals surface area contributed by atoms with Crippen LogP contribution < -0.4 is 0 Å². The van der Waals surface area contributed by atoms with Crippen LogP contribution in [0.3, 0.4) is 0 Å². The highest BCUT2D eigenvalue weighted by molar-refractivity contribution is 5.97. The molecule has 0 bridgehead atoms. The van der Waals surface area contributed by atoms with Gasteiger partial charge in [-0.1, -0.05) is 12.5 Å². The molecule has 2 heteroatoms. The second-order valence-corrected chi connectivity index (χ2v) is 3.63. The van der Waals surface area contributed by atoms with E-state index in [2.05, 4.69) is 0 Å². The van der Waals surface area contributed by atoms with Crippen molar-refractivity contribution in [2.45, 2.75) is 40.0 Å². The van der Waals surface area contributed by atoms with Crippen molar-refractivity contribution in [1.82, 2.24) is 0 Å².